The number of H-pyrrole nitrogens is 1. The van der Waals surface area contributed by atoms with E-state index in [0.29, 0.717) is 17.1 Å². The molecule has 1 saturated heterocycles. The highest BCUT2D eigenvalue weighted by Gasteiger charge is 2.31. The van der Waals surface area contributed by atoms with Crippen LogP contribution in [0.4, 0.5) is 0 Å². The maximum atomic E-state index is 11.6. The first kappa shape index (κ1) is 10.9. The van der Waals surface area contributed by atoms with Crippen LogP contribution in [-0.4, -0.2) is 29.0 Å². The lowest BCUT2D eigenvalue weighted by Crippen LogP contribution is -2.21. The van der Waals surface area contributed by atoms with E-state index in [9.17, 15) is 8.42 Å². The van der Waals surface area contributed by atoms with Crippen LogP contribution in [0.1, 0.15) is 18.5 Å². The first-order valence-electron chi connectivity index (χ1n) is 4.97. The summed E-state index contributed by atoms with van der Waals surface area (Å²) < 4.78 is 25.7. The predicted octanol–water partition coefficient (Wildman–Crippen LogP) is 1.43. The summed E-state index contributed by atoms with van der Waals surface area (Å²) in [5.74, 6) is 0.328. The molecule has 1 fully saturated rings. The van der Waals surface area contributed by atoms with Gasteiger partial charge in [0.2, 0.25) is 0 Å². The molecule has 0 radical (unpaired) electrons. The first-order chi connectivity index (χ1) is 6.99. The third kappa shape index (κ3) is 2.15. The predicted molar refractivity (Wildman–Crippen MR) is 61.2 cm³/mol. The van der Waals surface area contributed by atoms with E-state index >= 15 is 0 Å². The summed E-state index contributed by atoms with van der Waals surface area (Å²) in [6.45, 7) is 2.40. The molecule has 2 heterocycles. The van der Waals surface area contributed by atoms with E-state index < -0.39 is 9.84 Å². The molecule has 0 amide bonds. The quantitative estimate of drug-likeness (QED) is 0.803. The van der Waals surface area contributed by atoms with E-state index in [1.165, 1.54) is 0 Å². The van der Waals surface area contributed by atoms with Gasteiger partial charge in [0.25, 0.3) is 0 Å². The minimum atomic E-state index is -2.87. The van der Waals surface area contributed by atoms with Crippen molar-refractivity contribution in [1.82, 2.24) is 9.55 Å². The highest BCUT2D eigenvalue weighted by atomic mass is 32.2. The lowest BCUT2D eigenvalue weighted by molar-refractivity contribution is 0.564. The summed E-state index contributed by atoms with van der Waals surface area (Å²) in [7, 11) is -2.87. The van der Waals surface area contributed by atoms with Crippen molar-refractivity contribution in [2.75, 3.05) is 5.75 Å². The van der Waals surface area contributed by atoms with Gasteiger partial charge in [-0.1, -0.05) is 0 Å². The van der Waals surface area contributed by atoms with Crippen LogP contribution in [0.25, 0.3) is 0 Å². The number of hydrogen-bond donors (Lipinski definition) is 1. The zero-order chi connectivity index (χ0) is 11.1. The van der Waals surface area contributed by atoms with Crippen LogP contribution >= 0.6 is 12.2 Å². The Balaban J connectivity index is 2.23. The molecule has 1 aromatic heterocycles. The average molecular weight is 246 g/mol. The fourth-order valence-corrected chi connectivity index (χ4v) is 4.09. The Morgan fingerprint density at radius 1 is 1.67 bits per heavy atom. The molecular weight excluding hydrogens is 232 g/mol. The Labute approximate surface area is 94.2 Å². The van der Waals surface area contributed by atoms with Crippen LogP contribution in [0.5, 0.6) is 0 Å². The normalized spacial score (nSPS) is 24.5. The molecule has 1 unspecified atom stereocenters. The van der Waals surface area contributed by atoms with Crippen LogP contribution in [0, 0.1) is 11.7 Å². The van der Waals surface area contributed by atoms with E-state index in [-0.39, 0.29) is 5.25 Å². The fraction of sp³-hybridized carbons (Fsp3) is 0.667. The molecule has 15 heavy (non-hydrogen) atoms. The number of hydrogen-bond acceptors (Lipinski definition) is 3. The van der Waals surface area contributed by atoms with Crippen LogP contribution in [0.3, 0.4) is 0 Å². The van der Waals surface area contributed by atoms with Crippen LogP contribution < -0.4 is 0 Å². The van der Waals surface area contributed by atoms with Gasteiger partial charge in [-0.3, -0.25) is 0 Å². The lowest BCUT2D eigenvalue weighted by atomic mass is 10.2. The molecule has 84 valence electrons. The van der Waals surface area contributed by atoms with Gasteiger partial charge in [0.15, 0.2) is 14.6 Å². The highest BCUT2D eigenvalue weighted by molar-refractivity contribution is 7.92. The van der Waals surface area contributed by atoms with Gasteiger partial charge in [0, 0.05) is 18.4 Å². The van der Waals surface area contributed by atoms with Crippen molar-refractivity contribution >= 4 is 22.1 Å². The Hall–Kier alpha value is -0.620. The van der Waals surface area contributed by atoms with Gasteiger partial charge >= 0.3 is 0 Å². The summed E-state index contributed by atoms with van der Waals surface area (Å²) >= 11 is 5.10. The summed E-state index contributed by atoms with van der Waals surface area (Å²) in [6, 6.07) is 0. The van der Waals surface area contributed by atoms with Gasteiger partial charge < -0.3 is 9.55 Å². The zero-order valence-corrected chi connectivity index (χ0v) is 10.2. The second-order valence-corrected chi connectivity index (χ2v) is 6.81. The third-order valence-corrected chi connectivity index (χ3v) is 5.37. The van der Waals surface area contributed by atoms with E-state index in [1.54, 1.807) is 0 Å². The monoisotopic (exact) mass is 246 g/mol. The van der Waals surface area contributed by atoms with Gasteiger partial charge in [0.1, 0.15) is 0 Å². The molecule has 0 saturated carbocycles. The van der Waals surface area contributed by atoms with E-state index in [1.807, 2.05) is 17.7 Å². The van der Waals surface area contributed by atoms with Gasteiger partial charge in [-0.2, -0.15) is 0 Å². The van der Waals surface area contributed by atoms with Gasteiger partial charge in [0.05, 0.1) is 11.0 Å². The lowest BCUT2D eigenvalue weighted by Gasteiger charge is -2.09. The van der Waals surface area contributed by atoms with Gasteiger partial charge in [-0.15, -0.1) is 0 Å². The van der Waals surface area contributed by atoms with Gasteiger partial charge in [-0.25, -0.2) is 8.42 Å². The molecule has 0 spiro atoms. The largest absolute Gasteiger partial charge is 0.335 e. The first-order valence-corrected chi connectivity index (χ1v) is 7.09. The molecule has 4 nitrogen and oxygen atoms in total. The van der Waals surface area contributed by atoms with Crippen molar-refractivity contribution in [2.24, 2.45) is 0 Å². The Kier molecular flexibility index (Phi) is 2.72. The number of aromatic amines is 1. The average Bonchev–Trinajstić information content (AvgIpc) is 2.58. The number of nitrogens with zero attached hydrogens (tertiary/aromatic N) is 1. The van der Waals surface area contributed by atoms with Gasteiger partial charge in [-0.05, 0) is 32.0 Å². The van der Waals surface area contributed by atoms with Crippen molar-refractivity contribution < 1.29 is 8.42 Å². The highest BCUT2D eigenvalue weighted by Crippen LogP contribution is 2.21. The Bertz CT molecular complexity index is 512. The summed E-state index contributed by atoms with van der Waals surface area (Å²) in [5.41, 5.74) is 0.968. The molecule has 1 aliphatic rings. The Morgan fingerprint density at radius 3 is 2.87 bits per heavy atom. The second-order valence-electron chi connectivity index (χ2n) is 4.03. The van der Waals surface area contributed by atoms with Crippen LogP contribution in [0.15, 0.2) is 6.20 Å². The summed E-state index contributed by atoms with van der Waals surface area (Å²) in [5, 5.41) is -0.251. The SMILES string of the molecule is Cc1cn(CC2CCCS2(=O)=O)c(=S)[nH]1. The van der Waals surface area contributed by atoms with Crippen LogP contribution in [0.2, 0.25) is 0 Å². The van der Waals surface area contributed by atoms with Crippen molar-refractivity contribution in [3.63, 3.8) is 0 Å². The smallest absolute Gasteiger partial charge is 0.177 e. The molecule has 1 atom stereocenters. The Morgan fingerprint density at radius 2 is 2.40 bits per heavy atom. The number of nitrogens with one attached hydrogen (secondary N) is 1. The standard InChI is InChI=1S/C9H14N2O2S2/c1-7-5-11(9(14)10-7)6-8-3-2-4-15(8,12)13/h5,8H,2-4,6H2,1H3,(H,10,14). The molecule has 6 heteroatoms. The second kappa shape index (κ2) is 3.75. The number of rotatable bonds is 2. The molecule has 1 aromatic rings. The maximum Gasteiger partial charge on any atom is 0.177 e. The van der Waals surface area contributed by atoms with Crippen molar-refractivity contribution in [3.05, 3.63) is 16.7 Å². The number of aromatic nitrogens is 2. The third-order valence-electron chi connectivity index (χ3n) is 2.78. The fourth-order valence-electron chi connectivity index (χ4n) is 1.98. The molecule has 0 aromatic carbocycles. The molecule has 2 rings (SSSR count). The maximum absolute atomic E-state index is 11.6. The topological polar surface area (TPSA) is 54.9 Å². The molecular formula is C9H14N2O2S2. The van der Waals surface area contributed by atoms with Crippen LogP contribution in [-0.2, 0) is 16.4 Å². The molecule has 0 bridgehead atoms. The van der Waals surface area contributed by atoms with E-state index in [0.717, 1.165) is 18.5 Å². The minimum absolute atomic E-state index is 0.251. The number of sulfone groups is 1. The minimum Gasteiger partial charge on any atom is -0.335 e. The molecule has 1 aliphatic heterocycles. The molecule has 1 N–H and O–H groups in total. The van der Waals surface area contributed by atoms with Crippen molar-refractivity contribution in [3.8, 4) is 0 Å². The van der Waals surface area contributed by atoms with Crippen molar-refractivity contribution in [1.29, 1.82) is 0 Å². The molecule has 0 aliphatic carbocycles. The zero-order valence-electron chi connectivity index (χ0n) is 8.56. The number of aryl methyl sites for hydroxylation is 1. The van der Waals surface area contributed by atoms with E-state index in [2.05, 4.69) is 4.98 Å². The number of imidazole rings is 1. The van der Waals surface area contributed by atoms with Crippen molar-refractivity contribution in [2.45, 2.75) is 31.6 Å². The summed E-state index contributed by atoms with van der Waals surface area (Å²) in [4.78, 5) is 2.99. The van der Waals surface area contributed by atoms with E-state index in [4.69, 9.17) is 12.2 Å². The summed E-state index contributed by atoms with van der Waals surface area (Å²) in [6.07, 6.45) is 3.41.